The Morgan fingerprint density at radius 3 is 2.30 bits per heavy atom. The summed E-state index contributed by atoms with van der Waals surface area (Å²) in [5, 5.41) is 9.05. The Morgan fingerprint density at radius 2 is 1.73 bits per heavy atom. The van der Waals surface area contributed by atoms with Crippen LogP contribution in [0, 0.1) is 0 Å². The molecule has 33 heavy (non-hydrogen) atoms. The SMILES string of the molecule is COc1cccc(OC2CCN(S(=O)(=O)c3ccc(OC(C)C)cc3)CC2)c1CCC(=O)O. The van der Waals surface area contributed by atoms with Crippen LogP contribution in [0.1, 0.15) is 38.7 Å². The Morgan fingerprint density at radius 1 is 1.09 bits per heavy atom. The molecule has 0 saturated carbocycles. The Balaban J connectivity index is 1.65. The van der Waals surface area contributed by atoms with Crippen molar-refractivity contribution in [3.8, 4) is 17.2 Å². The molecule has 2 aromatic carbocycles. The van der Waals surface area contributed by atoms with Crippen molar-refractivity contribution in [2.24, 2.45) is 0 Å². The molecule has 0 spiro atoms. The second-order valence-electron chi connectivity index (χ2n) is 8.19. The van der Waals surface area contributed by atoms with Crippen LogP contribution in [0.2, 0.25) is 0 Å². The van der Waals surface area contributed by atoms with Crippen LogP contribution in [0.4, 0.5) is 0 Å². The van der Waals surface area contributed by atoms with Crippen LogP contribution >= 0.6 is 0 Å². The molecule has 0 atom stereocenters. The molecular formula is C24H31NO7S. The van der Waals surface area contributed by atoms with Gasteiger partial charge in [-0.05, 0) is 69.5 Å². The molecule has 0 amide bonds. The van der Waals surface area contributed by atoms with Crippen LogP contribution in [0.5, 0.6) is 17.2 Å². The second kappa shape index (κ2) is 10.9. The van der Waals surface area contributed by atoms with Crippen LogP contribution in [0.3, 0.4) is 0 Å². The molecule has 1 aliphatic heterocycles. The molecule has 9 heteroatoms. The maximum Gasteiger partial charge on any atom is 0.303 e. The van der Waals surface area contributed by atoms with Crippen molar-refractivity contribution in [1.29, 1.82) is 0 Å². The Labute approximate surface area is 195 Å². The second-order valence-corrected chi connectivity index (χ2v) is 10.1. The number of rotatable bonds is 10. The van der Waals surface area contributed by atoms with E-state index in [0.717, 1.165) is 0 Å². The predicted octanol–water partition coefficient (Wildman–Crippen LogP) is 3.73. The third kappa shape index (κ3) is 6.39. The van der Waals surface area contributed by atoms with E-state index in [0.29, 0.717) is 55.2 Å². The van der Waals surface area contributed by atoms with Gasteiger partial charge in [0.15, 0.2) is 0 Å². The van der Waals surface area contributed by atoms with Gasteiger partial charge >= 0.3 is 5.97 Å². The molecule has 180 valence electrons. The van der Waals surface area contributed by atoms with Gasteiger partial charge in [0.05, 0.1) is 18.1 Å². The van der Waals surface area contributed by atoms with Gasteiger partial charge in [0, 0.05) is 25.1 Å². The first-order chi connectivity index (χ1) is 15.7. The van der Waals surface area contributed by atoms with E-state index in [4.69, 9.17) is 19.3 Å². The van der Waals surface area contributed by atoms with E-state index in [1.165, 1.54) is 11.4 Å². The molecule has 2 aromatic rings. The molecule has 1 heterocycles. The molecule has 3 rings (SSSR count). The van der Waals surface area contributed by atoms with Crippen LogP contribution in [0.15, 0.2) is 47.4 Å². The lowest BCUT2D eigenvalue weighted by Gasteiger charge is -2.32. The lowest BCUT2D eigenvalue weighted by molar-refractivity contribution is -0.136. The van der Waals surface area contributed by atoms with Gasteiger partial charge in [0.25, 0.3) is 0 Å². The Bertz CT molecular complexity index is 1040. The molecule has 0 aliphatic carbocycles. The number of aliphatic carboxylic acids is 1. The van der Waals surface area contributed by atoms with Crippen molar-refractivity contribution in [1.82, 2.24) is 4.31 Å². The van der Waals surface area contributed by atoms with Gasteiger partial charge in [-0.25, -0.2) is 8.42 Å². The number of piperidine rings is 1. The van der Waals surface area contributed by atoms with Gasteiger partial charge in [-0.15, -0.1) is 0 Å². The van der Waals surface area contributed by atoms with Crippen molar-refractivity contribution in [3.05, 3.63) is 48.0 Å². The van der Waals surface area contributed by atoms with E-state index in [-0.39, 0.29) is 23.5 Å². The molecule has 0 radical (unpaired) electrons. The van der Waals surface area contributed by atoms with E-state index in [1.807, 2.05) is 13.8 Å². The Hall–Kier alpha value is -2.78. The van der Waals surface area contributed by atoms with Crippen LogP contribution < -0.4 is 14.2 Å². The summed E-state index contributed by atoms with van der Waals surface area (Å²) in [6.07, 6.45) is 1.16. The number of carboxylic acids is 1. The van der Waals surface area contributed by atoms with E-state index >= 15 is 0 Å². The van der Waals surface area contributed by atoms with Crippen molar-refractivity contribution < 1.29 is 32.5 Å². The van der Waals surface area contributed by atoms with E-state index in [1.54, 1.807) is 42.5 Å². The highest BCUT2D eigenvalue weighted by molar-refractivity contribution is 7.89. The third-order valence-electron chi connectivity index (χ3n) is 5.43. The summed E-state index contributed by atoms with van der Waals surface area (Å²) in [7, 11) is -2.07. The zero-order chi connectivity index (χ0) is 24.0. The monoisotopic (exact) mass is 477 g/mol. The van der Waals surface area contributed by atoms with Gasteiger partial charge in [-0.2, -0.15) is 4.31 Å². The Kier molecular flexibility index (Phi) is 8.20. The summed E-state index contributed by atoms with van der Waals surface area (Å²) in [5.74, 6) is 0.901. The fraction of sp³-hybridized carbons (Fsp3) is 0.458. The van der Waals surface area contributed by atoms with Crippen LogP contribution in [-0.2, 0) is 21.2 Å². The average Bonchev–Trinajstić information content (AvgIpc) is 2.78. The van der Waals surface area contributed by atoms with Crippen LogP contribution in [-0.4, -0.2) is 56.2 Å². The molecule has 0 bridgehead atoms. The highest BCUT2D eigenvalue weighted by atomic mass is 32.2. The minimum absolute atomic E-state index is 0.0145. The van der Waals surface area contributed by atoms with Crippen molar-refractivity contribution in [3.63, 3.8) is 0 Å². The molecule has 1 N–H and O–H groups in total. The van der Waals surface area contributed by atoms with E-state index < -0.39 is 16.0 Å². The molecule has 1 aliphatic rings. The molecule has 1 saturated heterocycles. The highest BCUT2D eigenvalue weighted by Gasteiger charge is 2.30. The predicted molar refractivity (Wildman–Crippen MR) is 124 cm³/mol. The lowest BCUT2D eigenvalue weighted by atomic mass is 10.1. The van der Waals surface area contributed by atoms with Gasteiger partial charge < -0.3 is 19.3 Å². The maximum absolute atomic E-state index is 13.0. The quantitative estimate of drug-likeness (QED) is 0.556. The minimum Gasteiger partial charge on any atom is -0.496 e. The normalized spacial score (nSPS) is 15.4. The number of carboxylic acid groups (broad SMARTS) is 1. The van der Waals surface area contributed by atoms with Gasteiger partial charge in [-0.3, -0.25) is 4.79 Å². The fourth-order valence-electron chi connectivity index (χ4n) is 3.81. The number of hydrogen-bond donors (Lipinski definition) is 1. The fourth-order valence-corrected chi connectivity index (χ4v) is 5.28. The largest absolute Gasteiger partial charge is 0.496 e. The number of nitrogens with zero attached hydrogens (tertiary/aromatic N) is 1. The number of carbonyl (C=O) groups is 1. The van der Waals surface area contributed by atoms with Crippen molar-refractivity contribution in [2.45, 2.75) is 56.6 Å². The first-order valence-corrected chi connectivity index (χ1v) is 12.5. The van der Waals surface area contributed by atoms with Crippen LogP contribution in [0.25, 0.3) is 0 Å². The molecule has 0 aromatic heterocycles. The zero-order valence-corrected chi connectivity index (χ0v) is 20.0. The topological polar surface area (TPSA) is 102 Å². The minimum atomic E-state index is -3.60. The summed E-state index contributed by atoms with van der Waals surface area (Å²) in [6, 6.07) is 11.8. The summed E-state index contributed by atoms with van der Waals surface area (Å²) in [4.78, 5) is 11.3. The van der Waals surface area contributed by atoms with Gasteiger partial charge in [0.2, 0.25) is 10.0 Å². The summed E-state index contributed by atoms with van der Waals surface area (Å²) in [6.45, 7) is 4.51. The van der Waals surface area contributed by atoms with E-state index in [9.17, 15) is 13.2 Å². The summed E-state index contributed by atoms with van der Waals surface area (Å²) < 4.78 is 44.7. The lowest BCUT2D eigenvalue weighted by Crippen LogP contribution is -2.41. The number of sulfonamides is 1. The molecule has 1 fully saturated rings. The maximum atomic E-state index is 13.0. The third-order valence-corrected chi connectivity index (χ3v) is 7.34. The summed E-state index contributed by atoms with van der Waals surface area (Å²) >= 11 is 0. The molecular weight excluding hydrogens is 446 g/mol. The zero-order valence-electron chi connectivity index (χ0n) is 19.2. The first-order valence-electron chi connectivity index (χ1n) is 11.0. The summed E-state index contributed by atoms with van der Waals surface area (Å²) in [5.41, 5.74) is 0.709. The number of benzene rings is 2. The van der Waals surface area contributed by atoms with Gasteiger partial charge in [-0.1, -0.05) is 6.07 Å². The standard InChI is InChI=1S/C24H31NO7S/c1-17(2)31-18-7-9-20(10-8-18)33(28,29)25-15-13-19(14-16-25)32-23-6-4-5-22(30-3)21(23)11-12-24(26)27/h4-10,17,19H,11-16H2,1-3H3,(H,26,27). The molecule has 8 nitrogen and oxygen atoms in total. The smallest absolute Gasteiger partial charge is 0.303 e. The van der Waals surface area contributed by atoms with Gasteiger partial charge in [0.1, 0.15) is 23.4 Å². The highest BCUT2D eigenvalue weighted by Crippen LogP contribution is 2.32. The molecule has 0 unspecified atom stereocenters. The van der Waals surface area contributed by atoms with Crippen molar-refractivity contribution >= 4 is 16.0 Å². The number of ether oxygens (including phenoxy) is 3. The number of methoxy groups -OCH3 is 1. The average molecular weight is 478 g/mol. The van der Waals surface area contributed by atoms with E-state index in [2.05, 4.69) is 0 Å². The van der Waals surface area contributed by atoms with Crippen molar-refractivity contribution in [2.75, 3.05) is 20.2 Å². The first kappa shape index (κ1) is 24.9. The number of hydrogen-bond acceptors (Lipinski definition) is 6.